The molecule has 0 amide bonds. The summed E-state index contributed by atoms with van der Waals surface area (Å²) in [5.74, 6) is -0.858. The summed E-state index contributed by atoms with van der Waals surface area (Å²) in [7, 11) is 0. The number of nitrogens with one attached hydrogen (secondary N) is 1. The monoisotopic (exact) mass is 408 g/mol. The number of halogens is 2. The zero-order valence-electron chi connectivity index (χ0n) is 15.2. The van der Waals surface area contributed by atoms with Crippen LogP contribution in [0.1, 0.15) is 34.3 Å². The number of carbonyl (C=O) groups is 1. The van der Waals surface area contributed by atoms with Crippen molar-refractivity contribution in [3.05, 3.63) is 70.2 Å². The van der Waals surface area contributed by atoms with E-state index >= 15 is 0 Å². The molecule has 1 aliphatic rings. The fourth-order valence-electron chi connectivity index (χ4n) is 3.57. The maximum absolute atomic E-state index is 11.5. The highest BCUT2D eigenvalue weighted by Crippen LogP contribution is 2.19. The molecule has 6 heteroatoms. The van der Waals surface area contributed by atoms with E-state index in [1.807, 2.05) is 24.3 Å². The molecule has 0 atom stereocenters. The second-order valence-electron chi connectivity index (χ2n) is 6.79. The molecule has 1 saturated heterocycles. The van der Waals surface area contributed by atoms with Crippen molar-refractivity contribution in [2.75, 3.05) is 19.6 Å². The lowest BCUT2D eigenvalue weighted by Crippen LogP contribution is -2.43. The number of benzene rings is 2. The van der Waals surface area contributed by atoms with E-state index in [1.54, 1.807) is 12.1 Å². The van der Waals surface area contributed by atoms with Crippen LogP contribution in [0.4, 0.5) is 0 Å². The number of nitrogens with zero attached hydrogens (tertiary/aromatic N) is 1. The van der Waals surface area contributed by atoms with Crippen molar-refractivity contribution in [1.29, 1.82) is 0 Å². The van der Waals surface area contributed by atoms with E-state index in [0.717, 1.165) is 49.5 Å². The van der Waals surface area contributed by atoms with Crippen LogP contribution in [-0.4, -0.2) is 41.7 Å². The molecule has 1 aliphatic heterocycles. The molecule has 2 N–H and O–H groups in total. The van der Waals surface area contributed by atoms with Gasteiger partial charge in [-0.3, -0.25) is 4.90 Å². The Balaban J connectivity index is 0.00000261. The Labute approximate surface area is 171 Å². The van der Waals surface area contributed by atoms with E-state index in [9.17, 15) is 9.90 Å². The molecule has 0 saturated carbocycles. The van der Waals surface area contributed by atoms with Crippen molar-refractivity contribution in [1.82, 2.24) is 10.2 Å². The van der Waals surface area contributed by atoms with Crippen molar-refractivity contribution >= 4 is 30.0 Å². The molecule has 2 aromatic rings. The van der Waals surface area contributed by atoms with E-state index in [-0.39, 0.29) is 12.4 Å². The quantitative estimate of drug-likeness (QED) is 0.718. The van der Waals surface area contributed by atoms with Gasteiger partial charge >= 0.3 is 5.97 Å². The fraction of sp³-hybridized carbons (Fsp3) is 0.381. The minimum Gasteiger partial charge on any atom is -0.478 e. The molecular weight excluding hydrogens is 383 g/mol. The second-order valence-corrected chi connectivity index (χ2v) is 7.23. The molecule has 0 bridgehead atoms. The van der Waals surface area contributed by atoms with E-state index in [4.69, 9.17) is 11.6 Å². The number of aromatic carboxylic acids is 1. The van der Waals surface area contributed by atoms with Crippen LogP contribution in [0.3, 0.4) is 0 Å². The highest BCUT2D eigenvalue weighted by molar-refractivity contribution is 6.30. The first-order valence-corrected chi connectivity index (χ1v) is 9.51. The summed E-state index contributed by atoms with van der Waals surface area (Å²) >= 11 is 5.98. The third-order valence-electron chi connectivity index (χ3n) is 5.05. The molecular formula is C21H26Cl2N2O2. The van der Waals surface area contributed by atoms with Crippen LogP contribution in [0, 0.1) is 0 Å². The largest absolute Gasteiger partial charge is 0.478 e. The Morgan fingerprint density at radius 1 is 1.11 bits per heavy atom. The van der Waals surface area contributed by atoms with E-state index in [2.05, 4.69) is 22.3 Å². The zero-order chi connectivity index (χ0) is 18.4. The van der Waals surface area contributed by atoms with Gasteiger partial charge in [-0.2, -0.15) is 0 Å². The van der Waals surface area contributed by atoms with E-state index in [1.165, 1.54) is 5.56 Å². The average molecular weight is 409 g/mol. The summed E-state index contributed by atoms with van der Waals surface area (Å²) in [6, 6.07) is 15.8. The van der Waals surface area contributed by atoms with Gasteiger partial charge in [-0.1, -0.05) is 41.9 Å². The van der Waals surface area contributed by atoms with Gasteiger partial charge in [0.25, 0.3) is 0 Å². The zero-order valence-corrected chi connectivity index (χ0v) is 16.8. The van der Waals surface area contributed by atoms with Gasteiger partial charge < -0.3 is 10.4 Å². The molecule has 27 heavy (non-hydrogen) atoms. The SMILES string of the molecule is Cl.O=C(O)c1ccccc1CN(CCc1ccc(Cl)cc1)C1CCNCC1. The summed E-state index contributed by atoms with van der Waals surface area (Å²) in [4.78, 5) is 14.0. The average Bonchev–Trinajstić information content (AvgIpc) is 2.67. The Kier molecular flexibility index (Phi) is 8.58. The van der Waals surface area contributed by atoms with Crippen molar-refractivity contribution in [3.63, 3.8) is 0 Å². The number of hydrogen-bond acceptors (Lipinski definition) is 3. The van der Waals surface area contributed by atoms with Crippen molar-refractivity contribution in [3.8, 4) is 0 Å². The lowest BCUT2D eigenvalue weighted by Gasteiger charge is -2.35. The molecule has 3 rings (SSSR count). The summed E-state index contributed by atoms with van der Waals surface area (Å²) in [6.07, 6.45) is 3.11. The highest BCUT2D eigenvalue weighted by atomic mass is 35.5. The second kappa shape index (κ2) is 10.7. The summed E-state index contributed by atoms with van der Waals surface area (Å²) in [5.41, 5.74) is 2.53. The van der Waals surface area contributed by atoms with Crippen LogP contribution in [-0.2, 0) is 13.0 Å². The number of rotatable bonds is 7. The number of carboxylic acid groups (broad SMARTS) is 1. The standard InChI is InChI=1S/C21H25ClN2O2.ClH/c22-18-7-5-16(6-8-18)11-14-24(19-9-12-23-13-10-19)15-17-3-1-2-4-20(17)21(25)26;/h1-8,19,23H,9-15H2,(H,25,26);1H. The minimum atomic E-state index is -0.858. The molecule has 1 heterocycles. The third kappa shape index (κ3) is 6.22. The van der Waals surface area contributed by atoms with Crippen LogP contribution in [0.15, 0.2) is 48.5 Å². The number of carboxylic acids is 1. The van der Waals surface area contributed by atoms with Gasteiger partial charge in [0.2, 0.25) is 0 Å². The van der Waals surface area contributed by atoms with Crippen LogP contribution in [0.2, 0.25) is 5.02 Å². The van der Waals surface area contributed by atoms with Gasteiger partial charge in [0, 0.05) is 24.2 Å². The molecule has 0 aromatic heterocycles. The van der Waals surface area contributed by atoms with Crippen LogP contribution in [0.25, 0.3) is 0 Å². The van der Waals surface area contributed by atoms with Crippen molar-refractivity contribution in [2.45, 2.75) is 31.8 Å². The first-order chi connectivity index (χ1) is 12.6. The Bertz CT molecular complexity index is 731. The van der Waals surface area contributed by atoms with Crippen molar-refractivity contribution < 1.29 is 9.90 Å². The van der Waals surface area contributed by atoms with Gasteiger partial charge in [0.05, 0.1) is 5.56 Å². The van der Waals surface area contributed by atoms with Gasteiger partial charge in [0.15, 0.2) is 0 Å². The van der Waals surface area contributed by atoms with Crippen LogP contribution >= 0.6 is 24.0 Å². The maximum atomic E-state index is 11.5. The van der Waals surface area contributed by atoms with Gasteiger partial charge in [-0.15, -0.1) is 12.4 Å². The van der Waals surface area contributed by atoms with Crippen LogP contribution in [0.5, 0.6) is 0 Å². The predicted octanol–water partition coefficient (Wildman–Crippen LogP) is 4.26. The van der Waals surface area contributed by atoms with Gasteiger partial charge in [-0.05, 0) is 61.7 Å². The normalized spacial score (nSPS) is 14.7. The Morgan fingerprint density at radius 2 is 1.78 bits per heavy atom. The molecule has 2 aromatic carbocycles. The Morgan fingerprint density at radius 3 is 2.44 bits per heavy atom. The Hall–Kier alpha value is -1.59. The lowest BCUT2D eigenvalue weighted by atomic mass is 10.0. The number of piperidine rings is 1. The van der Waals surface area contributed by atoms with Gasteiger partial charge in [-0.25, -0.2) is 4.79 Å². The van der Waals surface area contributed by atoms with Crippen LogP contribution < -0.4 is 5.32 Å². The molecule has 0 spiro atoms. The summed E-state index contributed by atoms with van der Waals surface area (Å²) < 4.78 is 0. The molecule has 4 nitrogen and oxygen atoms in total. The minimum absolute atomic E-state index is 0. The molecule has 0 aliphatic carbocycles. The lowest BCUT2D eigenvalue weighted by molar-refractivity contribution is 0.0693. The molecule has 1 fully saturated rings. The summed E-state index contributed by atoms with van der Waals surface area (Å²) in [5, 5.41) is 13.6. The molecule has 0 radical (unpaired) electrons. The van der Waals surface area contributed by atoms with Gasteiger partial charge in [0.1, 0.15) is 0 Å². The fourth-order valence-corrected chi connectivity index (χ4v) is 3.70. The first kappa shape index (κ1) is 21.7. The third-order valence-corrected chi connectivity index (χ3v) is 5.30. The number of hydrogen-bond donors (Lipinski definition) is 2. The topological polar surface area (TPSA) is 52.6 Å². The molecule has 146 valence electrons. The van der Waals surface area contributed by atoms with E-state index < -0.39 is 5.97 Å². The molecule has 0 unspecified atom stereocenters. The first-order valence-electron chi connectivity index (χ1n) is 9.14. The summed E-state index contributed by atoms with van der Waals surface area (Å²) in [6.45, 7) is 3.60. The van der Waals surface area contributed by atoms with E-state index in [0.29, 0.717) is 18.2 Å². The smallest absolute Gasteiger partial charge is 0.336 e. The van der Waals surface area contributed by atoms with Crippen molar-refractivity contribution in [2.24, 2.45) is 0 Å². The maximum Gasteiger partial charge on any atom is 0.336 e. The highest BCUT2D eigenvalue weighted by Gasteiger charge is 2.22. The predicted molar refractivity (Wildman–Crippen MR) is 112 cm³/mol.